The van der Waals surface area contributed by atoms with E-state index in [0.717, 1.165) is 34.7 Å². The number of hydrogen-bond acceptors (Lipinski definition) is 4. The number of rotatable bonds is 11. The third kappa shape index (κ3) is 7.72. The molecule has 0 bridgehead atoms. The fourth-order valence-electron chi connectivity index (χ4n) is 3.02. The van der Waals surface area contributed by atoms with Crippen LogP contribution in [0.1, 0.15) is 70.4 Å². The van der Waals surface area contributed by atoms with E-state index in [4.69, 9.17) is 13.6 Å². The average Bonchev–Trinajstić information content (AvgIpc) is 3.09. The summed E-state index contributed by atoms with van der Waals surface area (Å²) in [6.45, 7) is 11.4. The summed E-state index contributed by atoms with van der Waals surface area (Å²) in [4.78, 5) is 4.46. The zero-order valence-electron chi connectivity index (χ0n) is 18.8. The van der Waals surface area contributed by atoms with Gasteiger partial charge in [-0.1, -0.05) is 52.2 Å². The van der Waals surface area contributed by atoms with Gasteiger partial charge in [0.05, 0.1) is 13.3 Å². The molecule has 0 spiro atoms. The highest BCUT2D eigenvalue weighted by Crippen LogP contribution is 2.40. The van der Waals surface area contributed by atoms with Crippen molar-refractivity contribution in [1.29, 1.82) is 0 Å². The maximum atomic E-state index is 6.67. The molecule has 0 radical (unpaired) electrons. The molecule has 2 rings (SSSR count). The zero-order valence-corrected chi connectivity index (χ0v) is 21.9. The van der Waals surface area contributed by atoms with Crippen molar-refractivity contribution >= 4 is 30.9 Å². The quantitative estimate of drug-likeness (QED) is 0.171. The molecule has 1 unspecified atom stereocenters. The van der Waals surface area contributed by atoms with Crippen LogP contribution in [0, 0.1) is 3.77 Å². The van der Waals surface area contributed by atoms with E-state index in [9.17, 15) is 0 Å². The van der Waals surface area contributed by atoms with Crippen LogP contribution in [0.3, 0.4) is 0 Å². The number of aryl methyl sites for hydroxylation is 1. The van der Waals surface area contributed by atoms with Crippen LogP contribution in [0.2, 0.25) is 18.1 Å². The lowest BCUT2D eigenvalue weighted by molar-refractivity contribution is 0.137. The summed E-state index contributed by atoms with van der Waals surface area (Å²) < 4.78 is 18.6. The minimum atomic E-state index is -1.88. The van der Waals surface area contributed by atoms with Crippen LogP contribution < -0.4 is 4.74 Å². The van der Waals surface area contributed by atoms with Crippen molar-refractivity contribution in [3.05, 3.63) is 45.7 Å². The highest BCUT2D eigenvalue weighted by atomic mass is 127. The van der Waals surface area contributed by atoms with Gasteiger partial charge < -0.3 is 13.6 Å². The number of hydrogen-bond donors (Lipinski definition) is 0. The fraction of sp³-hybridized carbons (Fsp3) is 0.609. The lowest BCUT2D eigenvalue weighted by atomic mass is 10.0. The van der Waals surface area contributed by atoms with Crippen LogP contribution in [0.15, 0.2) is 34.9 Å². The predicted octanol–water partition coefficient (Wildman–Crippen LogP) is 7.54. The molecule has 0 saturated heterocycles. The van der Waals surface area contributed by atoms with Crippen molar-refractivity contribution in [1.82, 2.24) is 4.98 Å². The molecule has 1 aromatic heterocycles. The Bertz CT molecular complexity index is 755. The van der Waals surface area contributed by atoms with Crippen molar-refractivity contribution < 1.29 is 13.6 Å². The third-order valence-corrected chi connectivity index (χ3v) is 10.8. The van der Waals surface area contributed by atoms with Crippen LogP contribution >= 0.6 is 22.6 Å². The SMILES string of the molecule is COc1cccc(CCCCCCC(O[Si](C)(C)C(C)(C)C)c2ncc(I)o2)c1. The van der Waals surface area contributed by atoms with Gasteiger partial charge in [0.25, 0.3) is 0 Å². The molecule has 0 N–H and O–H groups in total. The van der Waals surface area contributed by atoms with Gasteiger partial charge >= 0.3 is 0 Å². The van der Waals surface area contributed by atoms with Gasteiger partial charge in [-0.05, 0) is 55.1 Å². The smallest absolute Gasteiger partial charge is 0.223 e. The molecule has 29 heavy (non-hydrogen) atoms. The number of methoxy groups -OCH3 is 1. The van der Waals surface area contributed by atoms with Crippen molar-refractivity contribution in [2.24, 2.45) is 0 Å². The van der Waals surface area contributed by atoms with E-state index in [0.29, 0.717) is 0 Å². The molecule has 1 heterocycles. The molecule has 1 aromatic carbocycles. The van der Waals surface area contributed by atoms with Crippen molar-refractivity contribution in [3.8, 4) is 5.75 Å². The average molecular weight is 530 g/mol. The van der Waals surface area contributed by atoms with Crippen LogP contribution in [-0.4, -0.2) is 20.4 Å². The lowest BCUT2D eigenvalue weighted by Gasteiger charge is -2.38. The summed E-state index contributed by atoms with van der Waals surface area (Å²) >= 11 is 2.17. The van der Waals surface area contributed by atoms with Crippen molar-refractivity contribution in [2.75, 3.05) is 7.11 Å². The first-order valence-corrected chi connectivity index (χ1v) is 14.5. The molecule has 0 fully saturated rings. The van der Waals surface area contributed by atoms with E-state index < -0.39 is 8.32 Å². The number of ether oxygens (including phenoxy) is 1. The standard InChI is InChI=1S/C23H36INO3Si/c1-23(2,3)29(5,6)28-20(22-25-17-21(24)27-22)15-10-8-7-9-12-18-13-11-14-19(16-18)26-4/h11,13-14,16-17,20H,7-10,12,15H2,1-6H3. The summed E-state index contributed by atoms with van der Waals surface area (Å²) in [6.07, 6.45) is 8.52. The topological polar surface area (TPSA) is 44.5 Å². The molecule has 1 atom stereocenters. The van der Waals surface area contributed by atoms with Gasteiger partial charge in [0.15, 0.2) is 12.1 Å². The molecule has 0 saturated carbocycles. The molecule has 4 nitrogen and oxygen atoms in total. The molecule has 2 aromatic rings. The highest BCUT2D eigenvalue weighted by Gasteiger charge is 2.40. The fourth-order valence-corrected chi connectivity index (χ4v) is 4.67. The number of unbranched alkanes of at least 4 members (excludes halogenated alkanes) is 3. The Hall–Kier alpha value is -0.863. The number of oxazole rings is 1. The molecule has 0 amide bonds. The maximum Gasteiger partial charge on any atom is 0.223 e. The predicted molar refractivity (Wildman–Crippen MR) is 130 cm³/mol. The Balaban J connectivity index is 1.83. The largest absolute Gasteiger partial charge is 0.497 e. The van der Waals surface area contributed by atoms with Gasteiger partial charge in [-0.2, -0.15) is 0 Å². The van der Waals surface area contributed by atoms with Crippen molar-refractivity contribution in [3.63, 3.8) is 0 Å². The highest BCUT2D eigenvalue weighted by molar-refractivity contribution is 14.1. The monoisotopic (exact) mass is 529 g/mol. The molecule has 0 aliphatic heterocycles. The Morgan fingerprint density at radius 3 is 2.48 bits per heavy atom. The van der Waals surface area contributed by atoms with Gasteiger partial charge in [0.1, 0.15) is 11.9 Å². The molecular formula is C23H36INO3Si. The van der Waals surface area contributed by atoms with E-state index in [2.05, 4.69) is 79.6 Å². The first kappa shape index (κ1) is 24.4. The van der Waals surface area contributed by atoms with Gasteiger partial charge in [0, 0.05) is 22.6 Å². The summed E-state index contributed by atoms with van der Waals surface area (Å²) in [5.74, 6) is 1.67. The van der Waals surface area contributed by atoms with E-state index in [-0.39, 0.29) is 11.1 Å². The Kier molecular flexibility index (Phi) is 9.22. The zero-order chi connectivity index (χ0) is 21.5. The molecule has 6 heteroatoms. The van der Waals surface area contributed by atoms with Gasteiger partial charge in [0.2, 0.25) is 5.89 Å². The molecule has 0 aliphatic carbocycles. The second-order valence-electron chi connectivity index (χ2n) is 9.17. The van der Waals surface area contributed by atoms with Gasteiger partial charge in [-0.15, -0.1) is 0 Å². The molecule has 0 aliphatic rings. The summed E-state index contributed by atoms with van der Waals surface area (Å²) in [5, 5.41) is 0.168. The second-order valence-corrected chi connectivity index (χ2v) is 15.0. The van der Waals surface area contributed by atoms with Crippen LogP contribution in [0.5, 0.6) is 5.75 Å². The van der Waals surface area contributed by atoms with E-state index >= 15 is 0 Å². The number of halogens is 1. The summed E-state index contributed by atoms with van der Waals surface area (Å²) in [6, 6.07) is 8.37. The Morgan fingerprint density at radius 1 is 1.14 bits per heavy atom. The van der Waals surface area contributed by atoms with Crippen LogP contribution in [-0.2, 0) is 10.8 Å². The van der Waals surface area contributed by atoms with Crippen LogP contribution in [0.25, 0.3) is 0 Å². The van der Waals surface area contributed by atoms with Gasteiger partial charge in [-0.3, -0.25) is 0 Å². The summed E-state index contributed by atoms with van der Waals surface area (Å²) in [5.41, 5.74) is 1.35. The Labute approximate surface area is 191 Å². The number of aromatic nitrogens is 1. The molecule has 162 valence electrons. The normalized spacial score (nSPS) is 13.5. The minimum Gasteiger partial charge on any atom is -0.497 e. The van der Waals surface area contributed by atoms with E-state index in [1.807, 2.05) is 6.07 Å². The molecular weight excluding hydrogens is 493 g/mol. The minimum absolute atomic E-state index is 0.0437. The van der Waals surface area contributed by atoms with E-state index in [1.165, 1.54) is 24.8 Å². The first-order chi connectivity index (χ1) is 13.6. The third-order valence-electron chi connectivity index (χ3n) is 5.83. The van der Waals surface area contributed by atoms with Crippen molar-refractivity contribution in [2.45, 2.75) is 83.5 Å². The second kappa shape index (κ2) is 11.0. The lowest BCUT2D eigenvalue weighted by Crippen LogP contribution is -2.41. The number of benzene rings is 1. The van der Waals surface area contributed by atoms with Gasteiger partial charge in [-0.25, -0.2) is 4.98 Å². The van der Waals surface area contributed by atoms with E-state index in [1.54, 1.807) is 13.3 Å². The first-order valence-electron chi connectivity index (χ1n) is 10.5. The van der Waals surface area contributed by atoms with Crippen LogP contribution in [0.4, 0.5) is 0 Å². The summed E-state index contributed by atoms with van der Waals surface area (Å²) in [7, 11) is -0.166. The Morgan fingerprint density at radius 2 is 1.86 bits per heavy atom. The maximum absolute atomic E-state index is 6.67. The number of nitrogens with zero attached hydrogens (tertiary/aromatic N) is 1.